The number of carbonyl (C=O) groups excluding carboxylic acids is 1. The minimum absolute atomic E-state index is 0.0560. The van der Waals surface area contributed by atoms with Crippen LogP contribution in [0.15, 0.2) is 59.9 Å². The standard InChI is InChI=1S/C39H46N4O8/c1-23(44)49-28-20-34(51-35(21-28)27-18-32(46)38(47)37(19-27)48-15-13-24-6-5-14-42-22-24)26-7-3-8-29-30(43-39(40)41-2)9-4-10-33(29)50-36-17-25(16-26)11-12-31(36)45/h5-6,11-12,14,17-19,22,26,28-30,33-35,45-47H,4,7,9-10,13,15-16,20-21H2,1-2H3,(H3,40,41,43)/t26-,28-,29-,30-,33-,34+,35-/m0/s1. The molecule has 1 saturated carbocycles. The number of carbonyl (C=O) groups is 1. The molecule has 6 rings (SSSR count). The topological polar surface area (TPSA) is 178 Å². The number of phenols is 3. The van der Waals surface area contributed by atoms with Crippen LogP contribution in [0.5, 0.6) is 28.7 Å². The molecule has 6 N–H and O–H groups in total. The summed E-state index contributed by atoms with van der Waals surface area (Å²) in [5, 5.41) is 35.5. The number of pyridine rings is 1. The van der Waals surface area contributed by atoms with E-state index in [0.29, 0.717) is 49.4 Å². The smallest absolute Gasteiger partial charge is 0.302 e. The van der Waals surface area contributed by atoms with Gasteiger partial charge in [0, 0.05) is 64.0 Å². The van der Waals surface area contributed by atoms with Gasteiger partial charge in [-0.2, -0.15) is 0 Å². The Morgan fingerprint density at radius 2 is 1.98 bits per heavy atom. The fourth-order valence-electron chi connectivity index (χ4n) is 7.29. The highest BCUT2D eigenvalue weighted by molar-refractivity contribution is 5.78. The lowest BCUT2D eigenvalue weighted by molar-refractivity contribution is -0.164. The van der Waals surface area contributed by atoms with E-state index >= 15 is 0 Å². The molecule has 0 spiro atoms. The monoisotopic (exact) mass is 698 g/mol. The fraction of sp³-hybridized carbons (Fsp3) is 0.462. The van der Waals surface area contributed by atoms with Crippen LogP contribution >= 0.6 is 0 Å². The van der Waals surface area contributed by atoms with Gasteiger partial charge in [-0.3, -0.25) is 14.8 Å². The molecule has 3 aliphatic rings. The summed E-state index contributed by atoms with van der Waals surface area (Å²) in [5.41, 5.74) is 8.58. The van der Waals surface area contributed by atoms with Crippen LogP contribution in [0.4, 0.5) is 0 Å². The number of nitrogens with zero attached hydrogens (tertiary/aromatic N) is 2. The van der Waals surface area contributed by atoms with Crippen molar-refractivity contribution in [1.29, 1.82) is 0 Å². The normalized spacial score (nSPS) is 26.2. The molecular weight excluding hydrogens is 652 g/mol. The van der Waals surface area contributed by atoms with Crippen LogP contribution in [-0.2, 0) is 27.1 Å². The minimum atomic E-state index is -0.585. The quantitative estimate of drug-likeness (QED) is 0.0725. The Morgan fingerprint density at radius 3 is 2.76 bits per heavy atom. The molecule has 0 amide bonds. The van der Waals surface area contributed by atoms with Gasteiger partial charge in [0.1, 0.15) is 12.2 Å². The van der Waals surface area contributed by atoms with Crippen LogP contribution in [0.25, 0.3) is 0 Å². The number of ether oxygens (including phenoxy) is 4. The number of hydrogen-bond donors (Lipinski definition) is 5. The van der Waals surface area contributed by atoms with E-state index in [1.54, 1.807) is 31.6 Å². The molecule has 3 aromatic rings. The Labute approximate surface area is 298 Å². The van der Waals surface area contributed by atoms with E-state index in [1.807, 2.05) is 24.3 Å². The van der Waals surface area contributed by atoms with Crippen LogP contribution < -0.4 is 20.5 Å². The Morgan fingerprint density at radius 1 is 1.12 bits per heavy atom. The first-order valence-corrected chi connectivity index (χ1v) is 17.5. The number of aliphatic imine (C=N–C) groups is 1. The maximum atomic E-state index is 12.2. The number of rotatable bonds is 8. The van der Waals surface area contributed by atoms with Gasteiger partial charge in [0.25, 0.3) is 0 Å². The third kappa shape index (κ3) is 8.96. The van der Waals surface area contributed by atoms with E-state index in [4.69, 9.17) is 24.7 Å². The lowest BCUT2D eigenvalue weighted by Gasteiger charge is -2.39. The number of nitrogens with one attached hydrogen (secondary N) is 1. The van der Waals surface area contributed by atoms with Crippen molar-refractivity contribution in [1.82, 2.24) is 10.3 Å². The number of guanidine groups is 1. The van der Waals surface area contributed by atoms with Crippen LogP contribution in [0, 0.1) is 23.7 Å². The Hall–Kier alpha value is -5.15. The average molecular weight is 699 g/mol. The maximum Gasteiger partial charge on any atom is 0.302 e. The summed E-state index contributed by atoms with van der Waals surface area (Å²) in [6.07, 6.45) is 6.65. The number of benzene rings is 2. The molecule has 2 fully saturated rings. The molecular formula is C39H46N4O8. The van der Waals surface area contributed by atoms with Gasteiger partial charge in [-0.05, 0) is 72.7 Å². The van der Waals surface area contributed by atoms with E-state index in [0.717, 1.165) is 30.4 Å². The summed E-state index contributed by atoms with van der Waals surface area (Å²) in [4.78, 5) is 20.4. The Bertz CT molecular complexity index is 1770. The zero-order chi connectivity index (χ0) is 35.9. The molecule has 0 unspecified atom stereocenters. The molecule has 12 heteroatoms. The molecule has 1 aliphatic carbocycles. The number of aromatic hydroxyl groups is 3. The number of hydrogen-bond acceptors (Lipinski definition) is 10. The van der Waals surface area contributed by atoms with Crippen LogP contribution in [-0.4, -0.2) is 70.2 Å². The second-order valence-corrected chi connectivity index (χ2v) is 13.5. The summed E-state index contributed by atoms with van der Waals surface area (Å²) in [5.74, 6) is 6.40. The summed E-state index contributed by atoms with van der Waals surface area (Å²) >= 11 is 0. The molecule has 1 aromatic heterocycles. The average Bonchev–Trinajstić information content (AvgIpc) is 3.14. The molecule has 2 bridgehead atoms. The molecule has 1 saturated heterocycles. The van der Waals surface area contributed by atoms with Crippen molar-refractivity contribution in [3.63, 3.8) is 0 Å². The third-order valence-corrected chi connectivity index (χ3v) is 9.84. The first-order valence-electron chi connectivity index (χ1n) is 17.5. The largest absolute Gasteiger partial charge is 0.504 e. The van der Waals surface area contributed by atoms with Crippen molar-refractivity contribution in [2.75, 3.05) is 13.7 Å². The zero-order valence-corrected chi connectivity index (χ0v) is 29.0. The highest BCUT2D eigenvalue weighted by atomic mass is 16.6. The number of fused-ring (bicyclic) bond motifs is 3. The van der Waals surface area contributed by atoms with Gasteiger partial charge in [-0.1, -0.05) is 18.1 Å². The summed E-state index contributed by atoms with van der Waals surface area (Å²) in [6, 6.07) is 12.2. The number of aromatic nitrogens is 1. The van der Waals surface area contributed by atoms with Crippen LogP contribution in [0.3, 0.4) is 0 Å². The van der Waals surface area contributed by atoms with E-state index in [2.05, 4.69) is 27.1 Å². The molecule has 7 atom stereocenters. The summed E-state index contributed by atoms with van der Waals surface area (Å²) in [7, 11) is 1.63. The fourth-order valence-corrected chi connectivity index (χ4v) is 7.29. The predicted octanol–water partition coefficient (Wildman–Crippen LogP) is 4.69. The van der Waals surface area contributed by atoms with Gasteiger partial charge in [0.05, 0.1) is 24.7 Å². The minimum Gasteiger partial charge on any atom is -0.504 e. The van der Waals surface area contributed by atoms with E-state index < -0.39 is 24.3 Å². The van der Waals surface area contributed by atoms with Crippen LogP contribution in [0.1, 0.15) is 68.2 Å². The second-order valence-electron chi connectivity index (χ2n) is 13.5. The third-order valence-electron chi connectivity index (χ3n) is 9.84. The van der Waals surface area contributed by atoms with Gasteiger partial charge in [-0.15, -0.1) is 5.92 Å². The van der Waals surface area contributed by atoms with Crippen molar-refractivity contribution < 1.29 is 39.1 Å². The summed E-state index contributed by atoms with van der Waals surface area (Å²) in [6.45, 7) is 1.64. The zero-order valence-electron chi connectivity index (χ0n) is 29.0. The van der Waals surface area contributed by atoms with Gasteiger partial charge >= 0.3 is 5.97 Å². The van der Waals surface area contributed by atoms with Crippen molar-refractivity contribution in [3.05, 3.63) is 71.5 Å². The number of nitrogens with two attached hydrogens (primary N) is 1. The van der Waals surface area contributed by atoms with Crippen molar-refractivity contribution in [3.8, 4) is 40.6 Å². The predicted molar refractivity (Wildman–Crippen MR) is 190 cm³/mol. The van der Waals surface area contributed by atoms with Crippen molar-refractivity contribution >= 4 is 11.9 Å². The molecule has 270 valence electrons. The number of phenolic OH excluding ortho intramolecular Hbond substituents is 3. The van der Waals surface area contributed by atoms with E-state index in [-0.39, 0.29) is 53.6 Å². The Balaban J connectivity index is 1.29. The second kappa shape index (κ2) is 16.2. The molecule has 2 aromatic carbocycles. The lowest BCUT2D eigenvalue weighted by atomic mass is 9.81. The summed E-state index contributed by atoms with van der Waals surface area (Å²) < 4.78 is 25.0. The molecule has 2 aliphatic heterocycles. The SMILES string of the molecule is CN=C(N)N[C@H]1CCC[C@@H]2Oc3cc(ccc3O)C[C@@H]([C@H]3C[C@H](OC(C)=O)C[C@@H](c4cc(O)c(O)c(OCCc5cccnc5)c4)O3)CC#C[C@@H]12. The van der Waals surface area contributed by atoms with Crippen molar-refractivity contribution in [2.24, 2.45) is 22.6 Å². The highest BCUT2D eigenvalue weighted by Gasteiger charge is 2.38. The number of esters is 1. The first-order chi connectivity index (χ1) is 24.7. The highest BCUT2D eigenvalue weighted by Crippen LogP contribution is 2.44. The molecule has 3 heterocycles. The molecule has 12 nitrogen and oxygen atoms in total. The van der Waals surface area contributed by atoms with Gasteiger partial charge in [-0.25, -0.2) is 0 Å². The van der Waals surface area contributed by atoms with Crippen LogP contribution in [0.2, 0.25) is 0 Å². The van der Waals surface area contributed by atoms with E-state index in [1.165, 1.54) is 13.0 Å². The van der Waals surface area contributed by atoms with Crippen molar-refractivity contribution in [2.45, 2.75) is 88.7 Å². The van der Waals surface area contributed by atoms with Gasteiger partial charge in [0.15, 0.2) is 29.0 Å². The Kier molecular flexibility index (Phi) is 11.4. The first kappa shape index (κ1) is 35.7. The lowest BCUT2D eigenvalue weighted by Crippen LogP contribution is -2.50. The van der Waals surface area contributed by atoms with Gasteiger partial charge in [0.2, 0.25) is 5.75 Å². The van der Waals surface area contributed by atoms with Gasteiger partial charge < -0.3 is 45.3 Å². The maximum absolute atomic E-state index is 12.2. The molecule has 51 heavy (non-hydrogen) atoms. The van der Waals surface area contributed by atoms with E-state index in [9.17, 15) is 20.1 Å². The molecule has 0 radical (unpaired) electrons.